The van der Waals surface area contributed by atoms with E-state index in [4.69, 9.17) is 0 Å². The van der Waals surface area contributed by atoms with E-state index in [1.165, 1.54) is 51.4 Å². The van der Waals surface area contributed by atoms with E-state index in [1.54, 1.807) is 0 Å². The Labute approximate surface area is 108 Å². The minimum absolute atomic E-state index is 0.209. The maximum Gasteiger partial charge on any atom is 0.0720 e. The van der Waals surface area contributed by atoms with Crippen molar-refractivity contribution in [3.8, 4) is 0 Å². The molecule has 0 aliphatic rings. The van der Waals surface area contributed by atoms with Crippen LogP contribution in [0.4, 0.5) is 0 Å². The standard InChI is InChI=1S/C16H32O/c1-3-5-7-8-9-10-11-12-13-15-16(17)14-6-4-2/h13,15-17H,3-12,14H2,1-2H3/b15-13+. The van der Waals surface area contributed by atoms with Gasteiger partial charge in [-0.2, -0.15) is 0 Å². The van der Waals surface area contributed by atoms with Crippen LogP contribution in [0.5, 0.6) is 0 Å². The second kappa shape index (κ2) is 13.8. The van der Waals surface area contributed by atoms with E-state index >= 15 is 0 Å². The molecule has 0 fully saturated rings. The van der Waals surface area contributed by atoms with Crippen molar-refractivity contribution < 1.29 is 5.11 Å². The summed E-state index contributed by atoms with van der Waals surface area (Å²) in [6.45, 7) is 4.42. The second-order valence-electron chi connectivity index (χ2n) is 5.05. The minimum atomic E-state index is -0.209. The lowest BCUT2D eigenvalue weighted by atomic mass is 10.1. The molecule has 0 aliphatic carbocycles. The summed E-state index contributed by atoms with van der Waals surface area (Å²) in [7, 11) is 0. The van der Waals surface area contributed by atoms with Crippen LogP contribution in [0.15, 0.2) is 12.2 Å². The molecule has 0 amide bonds. The van der Waals surface area contributed by atoms with Gasteiger partial charge in [0.25, 0.3) is 0 Å². The Balaban J connectivity index is 3.18. The lowest BCUT2D eigenvalue weighted by Gasteiger charge is -2.03. The first-order valence-corrected chi connectivity index (χ1v) is 7.66. The van der Waals surface area contributed by atoms with Gasteiger partial charge in [0.05, 0.1) is 6.10 Å². The Hall–Kier alpha value is -0.300. The maximum atomic E-state index is 9.59. The molecule has 0 aliphatic heterocycles. The Morgan fingerprint density at radius 2 is 1.41 bits per heavy atom. The summed E-state index contributed by atoms with van der Waals surface area (Å²) in [5.41, 5.74) is 0. The molecule has 0 saturated carbocycles. The fourth-order valence-electron chi connectivity index (χ4n) is 1.98. The van der Waals surface area contributed by atoms with Gasteiger partial charge in [0.1, 0.15) is 0 Å². The van der Waals surface area contributed by atoms with Crippen LogP contribution in [0.25, 0.3) is 0 Å². The molecule has 0 radical (unpaired) electrons. The van der Waals surface area contributed by atoms with E-state index in [9.17, 15) is 5.11 Å². The van der Waals surface area contributed by atoms with Crippen LogP contribution < -0.4 is 0 Å². The van der Waals surface area contributed by atoms with Crippen molar-refractivity contribution in [3.63, 3.8) is 0 Å². The zero-order valence-corrected chi connectivity index (χ0v) is 12.0. The molecule has 1 N–H and O–H groups in total. The van der Waals surface area contributed by atoms with Crippen LogP contribution in [0.3, 0.4) is 0 Å². The van der Waals surface area contributed by atoms with Gasteiger partial charge in [-0.25, -0.2) is 0 Å². The molecule has 17 heavy (non-hydrogen) atoms. The quantitative estimate of drug-likeness (QED) is 0.365. The predicted octanol–water partition coefficient (Wildman–Crippen LogP) is 5.23. The lowest BCUT2D eigenvalue weighted by Crippen LogP contribution is -2.00. The van der Waals surface area contributed by atoms with Crippen LogP contribution in [0.2, 0.25) is 0 Å². The van der Waals surface area contributed by atoms with Gasteiger partial charge < -0.3 is 5.11 Å². The van der Waals surface area contributed by atoms with Gasteiger partial charge in [-0.15, -0.1) is 0 Å². The highest BCUT2D eigenvalue weighted by Gasteiger charge is 1.96. The molecular formula is C16H32O. The van der Waals surface area contributed by atoms with Crippen molar-refractivity contribution in [1.82, 2.24) is 0 Å². The van der Waals surface area contributed by atoms with E-state index in [2.05, 4.69) is 19.9 Å². The molecule has 1 heteroatoms. The molecule has 0 heterocycles. The summed E-state index contributed by atoms with van der Waals surface area (Å²) in [5, 5.41) is 9.59. The Morgan fingerprint density at radius 3 is 2.06 bits per heavy atom. The van der Waals surface area contributed by atoms with Gasteiger partial charge in [0.15, 0.2) is 0 Å². The first kappa shape index (κ1) is 16.7. The van der Waals surface area contributed by atoms with Gasteiger partial charge >= 0.3 is 0 Å². The van der Waals surface area contributed by atoms with Gasteiger partial charge in [-0.05, 0) is 19.3 Å². The summed E-state index contributed by atoms with van der Waals surface area (Å²) in [6.07, 6.45) is 17.8. The first-order chi connectivity index (χ1) is 8.31. The number of hydrogen-bond acceptors (Lipinski definition) is 1. The molecule has 0 aromatic heterocycles. The van der Waals surface area contributed by atoms with Crippen LogP contribution in [0.1, 0.15) is 84.5 Å². The Bertz CT molecular complexity index is 163. The van der Waals surface area contributed by atoms with E-state index in [1.807, 2.05) is 6.08 Å². The fourth-order valence-corrected chi connectivity index (χ4v) is 1.98. The molecule has 1 nitrogen and oxygen atoms in total. The minimum Gasteiger partial charge on any atom is -0.389 e. The molecule has 0 spiro atoms. The largest absolute Gasteiger partial charge is 0.389 e. The number of allylic oxidation sites excluding steroid dienone is 1. The SMILES string of the molecule is CCCCCCCCC/C=C/C(O)CCCC. The van der Waals surface area contributed by atoms with E-state index < -0.39 is 0 Å². The van der Waals surface area contributed by atoms with Gasteiger partial charge in [-0.3, -0.25) is 0 Å². The lowest BCUT2D eigenvalue weighted by molar-refractivity contribution is 0.209. The van der Waals surface area contributed by atoms with Crippen molar-refractivity contribution in [1.29, 1.82) is 0 Å². The third kappa shape index (κ3) is 13.6. The smallest absolute Gasteiger partial charge is 0.0720 e. The number of rotatable bonds is 12. The zero-order chi connectivity index (χ0) is 12.8. The van der Waals surface area contributed by atoms with Crippen molar-refractivity contribution in [3.05, 3.63) is 12.2 Å². The monoisotopic (exact) mass is 240 g/mol. The van der Waals surface area contributed by atoms with Gasteiger partial charge in [0, 0.05) is 0 Å². The second-order valence-corrected chi connectivity index (χ2v) is 5.05. The normalized spacial score (nSPS) is 13.4. The molecule has 1 unspecified atom stereocenters. The molecule has 0 aromatic carbocycles. The highest BCUT2D eigenvalue weighted by molar-refractivity contribution is 4.88. The third-order valence-electron chi connectivity index (χ3n) is 3.19. The van der Waals surface area contributed by atoms with E-state index in [-0.39, 0.29) is 6.10 Å². The average molecular weight is 240 g/mol. The number of aliphatic hydroxyl groups is 1. The number of aliphatic hydroxyl groups excluding tert-OH is 1. The van der Waals surface area contributed by atoms with Crippen LogP contribution >= 0.6 is 0 Å². The molecular weight excluding hydrogens is 208 g/mol. The predicted molar refractivity (Wildman–Crippen MR) is 77.3 cm³/mol. The zero-order valence-electron chi connectivity index (χ0n) is 12.0. The number of hydrogen-bond donors (Lipinski definition) is 1. The van der Waals surface area contributed by atoms with Gasteiger partial charge in [-0.1, -0.05) is 77.4 Å². The van der Waals surface area contributed by atoms with Crippen LogP contribution in [-0.2, 0) is 0 Å². The summed E-state index contributed by atoms with van der Waals surface area (Å²) in [5.74, 6) is 0. The van der Waals surface area contributed by atoms with Crippen LogP contribution in [0, 0.1) is 0 Å². The fraction of sp³-hybridized carbons (Fsp3) is 0.875. The topological polar surface area (TPSA) is 20.2 Å². The number of unbranched alkanes of at least 4 members (excludes halogenated alkanes) is 8. The molecule has 102 valence electrons. The van der Waals surface area contributed by atoms with Crippen molar-refractivity contribution in [2.75, 3.05) is 0 Å². The maximum absolute atomic E-state index is 9.59. The molecule has 0 aromatic rings. The van der Waals surface area contributed by atoms with Gasteiger partial charge in [0.2, 0.25) is 0 Å². The molecule has 0 rings (SSSR count). The summed E-state index contributed by atoms with van der Waals surface area (Å²) >= 11 is 0. The highest BCUT2D eigenvalue weighted by Crippen LogP contribution is 2.09. The molecule has 0 bridgehead atoms. The van der Waals surface area contributed by atoms with E-state index in [0.717, 1.165) is 19.3 Å². The van der Waals surface area contributed by atoms with Crippen molar-refractivity contribution >= 4 is 0 Å². The Kier molecular flexibility index (Phi) is 13.5. The molecule has 1 atom stereocenters. The summed E-state index contributed by atoms with van der Waals surface area (Å²) in [4.78, 5) is 0. The summed E-state index contributed by atoms with van der Waals surface area (Å²) < 4.78 is 0. The Morgan fingerprint density at radius 1 is 0.824 bits per heavy atom. The average Bonchev–Trinajstić information content (AvgIpc) is 2.34. The summed E-state index contributed by atoms with van der Waals surface area (Å²) in [6, 6.07) is 0. The van der Waals surface area contributed by atoms with Crippen molar-refractivity contribution in [2.45, 2.75) is 90.6 Å². The third-order valence-corrected chi connectivity index (χ3v) is 3.19. The molecule has 0 saturated heterocycles. The highest BCUT2D eigenvalue weighted by atomic mass is 16.3. The van der Waals surface area contributed by atoms with E-state index in [0.29, 0.717) is 0 Å². The van der Waals surface area contributed by atoms with Crippen molar-refractivity contribution in [2.24, 2.45) is 0 Å². The first-order valence-electron chi connectivity index (χ1n) is 7.66. The van der Waals surface area contributed by atoms with Crippen LogP contribution in [-0.4, -0.2) is 11.2 Å².